The number of piperidine rings is 1. The third-order valence-electron chi connectivity index (χ3n) is 4.80. The zero-order valence-corrected chi connectivity index (χ0v) is 16.0. The van der Waals surface area contributed by atoms with E-state index < -0.39 is 10.0 Å². The summed E-state index contributed by atoms with van der Waals surface area (Å²) in [6, 6.07) is 8.66. The van der Waals surface area contributed by atoms with E-state index in [2.05, 4.69) is 10.3 Å². The number of amides is 1. The van der Waals surface area contributed by atoms with Gasteiger partial charge in [-0.2, -0.15) is 9.57 Å². The molecule has 142 valence electrons. The van der Waals surface area contributed by atoms with Gasteiger partial charge in [0.15, 0.2) is 5.03 Å². The van der Waals surface area contributed by atoms with Crippen LogP contribution >= 0.6 is 0 Å². The fraction of sp³-hybridized carbons (Fsp3) is 0.389. The Balaban J connectivity index is 1.60. The van der Waals surface area contributed by atoms with Gasteiger partial charge in [-0.15, -0.1) is 0 Å². The molecular weight excluding hydrogens is 366 g/mol. The second-order valence-electron chi connectivity index (χ2n) is 6.59. The molecule has 1 N–H and O–H groups in total. The van der Waals surface area contributed by atoms with Crippen LogP contribution in [0.5, 0.6) is 0 Å². The number of imidazole rings is 1. The molecule has 1 amide bonds. The van der Waals surface area contributed by atoms with E-state index >= 15 is 0 Å². The van der Waals surface area contributed by atoms with E-state index in [1.807, 2.05) is 6.07 Å². The number of nitrogens with one attached hydrogen (secondary N) is 1. The summed E-state index contributed by atoms with van der Waals surface area (Å²) >= 11 is 0. The lowest BCUT2D eigenvalue weighted by Crippen LogP contribution is -2.41. The number of sulfonamides is 1. The highest BCUT2D eigenvalue weighted by molar-refractivity contribution is 7.89. The molecule has 0 saturated carbocycles. The molecule has 0 spiro atoms. The molecule has 0 bridgehead atoms. The van der Waals surface area contributed by atoms with Gasteiger partial charge in [-0.05, 0) is 44.0 Å². The van der Waals surface area contributed by atoms with Crippen molar-refractivity contribution < 1.29 is 13.2 Å². The van der Waals surface area contributed by atoms with E-state index in [4.69, 9.17) is 5.26 Å². The smallest absolute Gasteiger partial charge is 0.262 e. The van der Waals surface area contributed by atoms with E-state index in [0.29, 0.717) is 29.9 Å². The Hall–Kier alpha value is -2.70. The van der Waals surface area contributed by atoms with Crippen molar-refractivity contribution in [1.29, 1.82) is 5.26 Å². The molecule has 1 fully saturated rings. The minimum Gasteiger partial charge on any atom is -0.337 e. The number of nitrogens with zero attached hydrogens (tertiary/aromatic N) is 4. The minimum atomic E-state index is -3.64. The molecule has 2 heterocycles. The summed E-state index contributed by atoms with van der Waals surface area (Å²) in [6.07, 6.45) is 2.41. The molecule has 1 aromatic heterocycles. The summed E-state index contributed by atoms with van der Waals surface area (Å²) in [5, 5.41) is 11.7. The third kappa shape index (κ3) is 4.02. The van der Waals surface area contributed by atoms with Gasteiger partial charge in [0.05, 0.1) is 11.6 Å². The van der Waals surface area contributed by atoms with Crippen LogP contribution in [-0.4, -0.2) is 41.3 Å². The van der Waals surface area contributed by atoms with Crippen LogP contribution in [0.2, 0.25) is 0 Å². The third-order valence-corrected chi connectivity index (χ3v) is 6.57. The standard InChI is InChI=1S/C18H21N5O3S/c1-13-20-17(12-22(13)2)27(25,26)23-9-7-15(8-10-23)18(24)21-16-5-3-14(11-19)4-6-16/h3-6,12,15H,7-10H2,1-2H3,(H,21,24). The zero-order valence-electron chi connectivity index (χ0n) is 15.2. The van der Waals surface area contributed by atoms with Crippen molar-refractivity contribution in [1.82, 2.24) is 13.9 Å². The van der Waals surface area contributed by atoms with Crippen LogP contribution in [0.25, 0.3) is 0 Å². The van der Waals surface area contributed by atoms with Crippen LogP contribution in [0.15, 0.2) is 35.5 Å². The molecule has 0 radical (unpaired) electrons. The van der Waals surface area contributed by atoms with Crippen molar-refractivity contribution in [2.75, 3.05) is 18.4 Å². The molecule has 2 aromatic rings. The first kappa shape index (κ1) is 19.1. The van der Waals surface area contributed by atoms with Crippen molar-refractivity contribution in [2.24, 2.45) is 13.0 Å². The predicted octanol–water partition coefficient (Wildman–Crippen LogP) is 1.64. The highest BCUT2D eigenvalue weighted by Crippen LogP contribution is 2.24. The lowest BCUT2D eigenvalue weighted by molar-refractivity contribution is -0.120. The van der Waals surface area contributed by atoms with Crippen LogP contribution in [0.1, 0.15) is 24.2 Å². The quantitative estimate of drug-likeness (QED) is 0.858. The van der Waals surface area contributed by atoms with Gasteiger partial charge in [0.1, 0.15) is 5.82 Å². The molecule has 0 aliphatic carbocycles. The summed E-state index contributed by atoms with van der Waals surface area (Å²) in [6.45, 7) is 2.31. The number of anilines is 1. The summed E-state index contributed by atoms with van der Waals surface area (Å²) < 4.78 is 28.5. The van der Waals surface area contributed by atoms with Gasteiger partial charge in [-0.3, -0.25) is 4.79 Å². The zero-order chi connectivity index (χ0) is 19.6. The van der Waals surface area contributed by atoms with E-state index in [9.17, 15) is 13.2 Å². The normalized spacial score (nSPS) is 16.0. The molecule has 1 saturated heterocycles. The lowest BCUT2D eigenvalue weighted by atomic mass is 9.97. The number of hydrogen-bond acceptors (Lipinski definition) is 5. The fourth-order valence-corrected chi connectivity index (χ4v) is 4.51. The number of aryl methyl sites for hydroxylation is 2. The van der Waals surface area contributed by atoms with Crippen LogP contribution in [0.3, 0.4) is 0 Å². The van der Waals surface area contributed by atoms with Crippen molar-refractivity contribution in [3.8, 4) is 6.07 Å². The van der Waals surface area contributed by atoms with Gasteiger partial charge in [0.2, 0.25) is 5.91 Å². The molecule has 0 unspecified atom stereocenters. The number of benzene rings is 1. The van der Waals surface area contributed by atoms with Crippen molar-refractivity contribution in [3.63, 3.8) is 0 Å². The summed E-state index contributed by atoms with van der Waals surface area (Å²) in [5.74, 6) is 0.244. The summed E-state index contributed by atoms with van der Waals surface area (Å²) in [4.78, 5) is 16.5. The lowest BCUT2D eigenvalue weighted by Gasteiger charge is -2.29. The first-order valence-electron chi connectivity index (χ1n) is 8.62. The van der Waals surface area contributed by atoms with Gasteiger partial charge >= 0.3 is 0 Å². The molecular formula is C18H21N5O3S. The average molecular weight is 387 g/mol. The highest BCUT2D eigenvalue weighted by Gasteiger charge is 2.33. The maximum atomic E-state index is 12.7. The van der Waals surface area contributed by atoms with Gasteiger partial charge in [-0.1, -0.05) is 0 Å². The Morgan fingerprint density at radius 3 is 2.41 bits per heavy atom. The Morgan fingerprint density at radius 2 is 1.89 bits per heavy atom. The largest absolute Gasteiger partial charge is 0.337 e. The average Bonchev–Trinajstić information content (AvgIpc) is 3.02. The molecule has 9 heteroatoms. The van der Waals surface area contributed by atoms with Crippen molar-refractivity contribution in [3.05, 3.63) is 41.9 Å². The Labute approximate surface area is 158 Å². The second kappa shape index (κ2) is 7.50. The van der Waals surface area contributed by atoms with Gasteiger partial charge in [0.25, 0.3) is 10.0 Å². The van der Waals surface area contributed by atoms with E-state index in [1.54, 1.807) is 42.8 Å². The van der Waals surface area contributed by atoms with Crippen molar-refractivity contribution >= 4 is 21.6 Å². The first-order valence-corrected chi connectivity index (χ1v) is 10.1. The van der Waals surface area contributed by atoms with Gasteiger partial charge in [-0.25, -0.2) is 13.4 Å². The number of carbonyl (C=O) groups excluding carboxylic acids is 1. The van der Waals surface area contributed by atoms with Crippen LogP contribution < -0.4 is 5.32 Å². The maximum absolute atomic E-state index is 12.7. The first-order chi connectivity index (χ1) is 12.8. The predicted molar refractivity (Wildman–Crippen MR) is 99.2 cm³/mol. The SMILES string of the molecule is Cc1nc(S(=O)(=O)N2CCC(C(=O)Nc3ccc(C#N)cc3)CC2)cn1C. The highest BCUT2D eigenvalue weighted by atomic mass is 32.2. The van der Waals surface area contributed by atoms with E-state index in [0.717, 1.165) is 0 Å². The van der Waals surface area contributed by atoms with E-state index in [1.165, 1.54) is 10.5 Å². The maximum Gasteiger partial charge on any atom is 0.262 e. The number of rotatable bonds is 4. The number of aromatic nitrogens is 2. The number of carbonyl (C=O) groups is 1. The second-order valence-corrected chi connectivity index (χ2v) is 8.48. The Morgan fingerprint density at radius 1 is 1.26 bits per heavy atom. The van der Waals surface area contributed by atoms with Crippen LogP contribution in [0, 0.1) is 24.2 Å². The van der Waals surface area contributed by atoms with E-state index in [-0.39, 0.29) is 29.9 Å². The minimum absolute atomic E-state index is 0.0444. The van der Waals surface area contributed by atoms with Crippen molar-refractivity contribution in [2.45, 2.75) is 24.8 Å². The molecule has 3 rings (SSSR count). The Kier molecular flexibility index (Phi) is 5.30. The molecule has 0 atom stereocenters. The van der Waals surface area contributed by atoms with Crippen LogP contribution in [0.4, 0.5) is 5.69 Å². The number of nitriles is 1. The molecule has 27 heavy (non-hydrogen) atoms. The fourth-order valence-electron chi connectivity index (χ4n) is 3.01. The van der Waals surface area contributed by atoms with Gasteiger partial charge < -0.3 is 9.88 Å². The Bertz CT molecular complexity index is 961. The monoisotopic (exact) mass is 387 g/mol. The molecule has 1 aliphatic rings. The topological polar surface area (TPSA) is 108 Å². The molecule has 8 nitrogen and oxygen atoms in total. The van der Waals surface area contributed by atoms with Crippen LogP contribution in [-0.2, 0) is 21.9 Å². The number of hydrogen-bond donors (Lipinski definition) is 1. The van der Waals surface area contributed by atoms with Gasteiger partial charge in [0, 0.05) is 37.9 Å². The molecule has 1 aromatic carbocycles. The summed E-state index contributed by atoms with van der Waals surface area (Å²) in [5.41, 5.74) is 1.15. The summed E-state index contributed by atoms with van der Waals surface area (Å²) in [7, 11) is -1.89. The molecule has 1 aliphatic heterocycles.